The van der Waals surface area contributed by atoms with Crippen LogP contribution in [0.2, 0.25) is 0 Å². The first kappa shape index (κ1) is 30.2. The van der Waals surface area contributed by atoms with Gasteiger partial charge in [-0.15, -0.1) is 5.17 Å². The zero-order chi connectivity index (χ0) is 24.6. The van der Waals surface area contributed by atoms with E-state index in [1.54, 1.807) is 0 Å². The molecule has 10 heteroatoms. The zero-order valence-electron chi connectivity index (χ0n) is 20.6. The fourth-order valence-electron chi connectivity index (χ4n) is 4.11. The second-order valence-corrected chi connectivity index (χ2v) is 8.85. The summed E-state index contributed by atoms with van der Waals surface area (Å²) in [4.78, 5) is 36.3. The van der Waals surface area contributed by atoms with Crippen molar-refractivity contribution in [3.8, 4) is 0 Å². The van der Waals surface area contributed by atoms with E-state index in [4.69, 9.17) is 0 Å². The maximum atomic E-state index is 13.4. The summed E-state index contributed by atoms with van der Waals surface area (Å²) in [7, 11) is 0. The molecule has 0 aromatic heterocycles. The summed E-state index contributed by atoms with van der Waals surface area (Å²) in [5.41, 5.74) is -4.36. The molecule has 0 aliphatic rings. The summed E-state index contributed by atoms with van der Waals surface area (Å²) in [6.45, 7) is 7.77. The Balaban J connectivity index is 6.19. The van der Waals surface area contributed by atoms with E-state index < -0.39 is 21.2 Å². The highest BCUT2D eigenvalue weighted by Crippen LogP contribution is 2.35. The van der Waals surface area contributed by atoms with E-state index >= 15 is 0 Å². The molecule has 0 aliphatic heterocycles. The quantitative estimate of drug-likeness (QED) is 0.0608. The summed E-state index contributed by atoms with van der Waals surface area (Å²) in [5, 5.41) is 37.6. The maximum absolute atomic E-state index is 13.4. The topological polar surface area (TPSA) is 133 Å². The highest BCUT2D eigenvalue weighted by molar-refractivity contribution is 4.79. The lowest BCUT2D eigenvalue weighted by Gasteiger charge is -2.36. The summed E-state index contributed by atoms with van der Waals surface area (Å²) in [6, 6.07) is 0. The van der Waals surface area contributed by atoms with Gasteiger partial charge in [-0.2, -0.15) is 0 Å². The van der Waals surface area contributed by atoms with Crippen molar-refractivity contribution in [3.63, 3.8) is 0 Å². The molecule has 0 radical (unpaired) electrons. The highest BCUT2D eigenvalue weighted by atomic mass is 16.7. The van der Waals surface area contributed by atoms with Gasteiger partial charge in [-0.3, -0.25) is 20.2 Å². The van der Waals surface area contributed by atoms with E-state index in [9.17, 15) is 30.3 Å². The average Bonchev–Trinajstić information content (AvgIpc) is 2.76. The van der Waals surface area contributed by atoms with Crippen molar-refractivity contribution in [1.82, 2.24) is 5.17 Å². The molecular formula is C22H44N4O6. The second-order valence-electron chi connectivity index (χ2n) is 8.85. The Morgan fingerprint density at radius 3 is 1.22 bits per heavy atom. The number of hydroxylamine groups is 1. The Hall–Kier alpha value is -1.84. The van der Waals surface area contributed by atoms with Gasteiger partial charge >= 0.3 is 11.3 Å². The van der Waals surface area contributed by atoms with Gasteiger partial charge in [0.05, 0.1) is 22.7 Å². The third-order valence-electron chi connectivity index (χ3n) is 6.28. The average molecular weight is 461 g/mol. The van der Waals surface area contributed by atoms with Gasteiger partial charge in [-0.05, 0) is 25.7 Å². The molecule has 0 rings (SSSR count). The van der Waals surface area contributed by atoms with E-state index in [0.717, 1.165) is 25.7 Å². The van der Waals surface area contributed by atoms with E-state index in [2.05, 4.69) is 0 Å². The fourth-order valence-corrected chi connectivity index (χ4v) is 4.11. The zero-order valence-corrected chi connectivity index (χ0v) is 20.6. The number of nitro groups is 2. The second kappa shape index (κ2) is 15.9. The lowest BCUT2D eigenvalue weighted by atomic mass is 9.94. The normalized spacial score (nSPS) is 12.0. The van der Waals surface area contributed by atoms with E-state index in [1.807, 2.05) is 27.7 Å². The molecule has 10 nitrogen and oxygen atoms in total. The minimum atomic E-state index is -2.18. The molecule has 0 aromatic carbocycles. The van der Waals surface area contributed by atoms with E-state index in [1.165, 1.54) is 0 Å². The third kappa shape index (κ3) is 8.26. The first-order chi connectivity index (χ1) is 15.2. The minimum Gasteiger partial charge on any atom is -0.698 e. The smallest absolute Gasteiger partial charge is 0.477 e. The van der Waals surface area contributed by atoms with Gasteiger partial charge < -0.3 is 5.21 Å². The molecule has 0 saturated heterocycles. The number of nitrogens with zero attached hydrogens (tertiary/aromatic N) is 4. The van der Waals surface area contributed by atoms with Crippen molar-refractivity contribution in [2.75, 3.05) is 0 Å². The molecule has 32 heavy (non-hydrogen) atoms. The van der Waals surface area contributed by atoms with E-state index in [0.29, 0.717) is 51.4 Å². The molecule has 0 heterocycles. The van der Waals surface area contributed by atoms with Crippen LogP contribution in [0.3, 0.4) is 0 Å². The van der Waals surface area contributed by atoms with Crippen molar-refractivity contribution < 1.29 is 14.7 Å². The molecule has 0 bridgehead atoms. The van der Waals surface area contributed by atoms with Gasteiger partial charge in [0, 0.05) is 12.8 Å². The SMILES string of the molecule is CCCCCC(CCCCC)(N([O-])[N+](=O)C(CCCCC)(CCCCC)[N+](=O)[O-])[N+](=O)[O-]. The lowest BCUT2D eigenvalue weighted by Crippen LogP contribution is -2.63. The van der Waals surface area contributed by atoms with Crippen LogP contribution < -0.4 is 0 Å². The van der Waals surface area contributed by atoms with Crippen LogP contribution in [0.5, 0.6) is 0 Å². The van der Waals surface area contributed by atoms with Gasteiger partial charge in [-0.25, -0.2) is 0 Å². The van der Waals surface area contributed by atoms with Crippen molar-refractivity contribution in [1.29, 1.82) is 0 Å². The number of nitroso groups, excluding NO2 is 1. The number of unbranched alkanes of at least 4 members (excludes halogenated alkanes) is 8. The Labute approximate surface area is 192 Å². The van der Waals surface area contributed by atoms with Crippen molar-refractivity contribution >= 4 is 0 Å². The number of hydrazine groups is 1. The monoisotopic (exact) mass is 460 g/mol. The Kier molecular flexibility index (Phi) is 15.0. The van der Waals surface area contributed by atoms with Crippen LogP contribution in [-0.2, 0) is 0 Å². The number of hydrogen-bond donors (Lipinski definition) is 0. The van der Waals surface area contributed by atoms with Crippen LogP contribution >= 0.6 is 0 Å². The molecule has 0 spiro atoms. The number of hydrogen-bond acceptors (Lipinski definition) is 6. The molecule has 0 aromatic rings. The largest absolute Gasteiger partial charge is 0.698 e. The van der Waals surface area contributed by atoms with Crippen LogP contribution in [0.1, 0.15) is 130 Å². The Bertz CT molecular complexity index is 553. The van der Waals surface area contributed by atoms with Crippen molar-refractivity contribution in [2.24, 2.45) is 0 Å². The molecule has 0 N–H and O–H groups in total. The maximum Gasteiger partial charge on any atom is 0.477 e. The van der Waals surface area contributed by atoms with Crippen molar-refractivity contribution in [3.05, 3.63) is 30.3 Å². The van der Waals surface area contributed by atoms with Gasteiger partial charge in [0.2, 0.25) is 0 Å². The lowest BCUT2D eigenvalue weighted by molar-refractivity contribution is -0.918. The first-order valence-electron chi connectivity index (χ1n) is 12.4. The van der Waals surface area contributed by atoms with Crippen molar-refractivity contribution in [2.45, 2.75) is 142 Å². The van der Waals surface area contributed by atoms with Gasteiger partial charge in [0.25, 0.3) is 0 Å². The number of rotatable bonds is 21. The summed E-state index contributed by atoms with van der Waals surface area (Å²) < 4.78 is 0. The summed E-state index contributed by atoms with van der Waals surface area (Å²) in [5.74, 6) is 0. The van der Waals surface area contributed by atoms with Crippen LogP contribution in [0.4, 0.5) is 0 Å². The fraction of sp³-hybridized carbons (Fsp3) is 1.00. The summed E-state index contributed by atoms with van der Waals surface area (Å²) in [6.07, 6.45) is 7.18. The Morgan fingerprint density at radius 2 is 0.938 bits per heavy atom. The van der Waals surface area contributed by atoms with Crippen LogP contribution in [-0.4, -0.2) is 31.2 Å². The minimum absolute atomic E-state index is 0.0997. The molecule has 0 fully saturated rings. The predicted molar refractivity (Wildman–Crippen MR) is 125 cm³/mol. The molecule has 0 atom stereocenters. The molecule has 0 amide bonds. The summed E-state index contributed by atoms with van der Waals surface area (Å²) >= 11 is 0. The first-order valence-corrected chi connectivity index (χ1v) is 12.4. The Morgan fingerprint density at radius 1 is 0.594 bits per heavy atom. The molecule has 0 unspecified atom stereocenters. The van der Waals surface area contributed by atoms with E-state index in [-0.39, 0.29) is 35.7 Å². The van der Waals surface area contributed by atoms with Gasteiger partial charge in [-0.1, -0.05) is 79.1 Å². The van der Waals surface area contributed by atoms with Gasteiger partial charge in [0.1, 0.15) is 4.92 Å². The van der Waals surface area contributed by atoms with Crippen LogP contribution in [0, 0.1) is 30.3 Å². The standard InChI is InChI=1S/C22H44N4O6/c1-5-9-13-17-21(25(29)30,18-14-10-6-2)23(27)24(28)22(26(31)32,19-15-11-7-3)20-16-12-8-4/h5-20H2,1-4H3. The third-order valence-corrected chi connectivity index (χ3v) is 6.28. The highest BCUT2D eigenvalue weighted by Gasteiger charge is 2.64. The molecular weight excluding hydrogens is 416 g/mol. The molecule has 0 aliphatic carbocycles. The molecule has 0 saturated carbocycles. The predicted octanol–water partition coefficient (Wildman–Crippen LogP) is 6.75. The molecule has 188 valence electrons. The van der Waals surface area contributed by atoms with Crippen LogP contribution in [0.25, 0.3) is 0 Å². The van der Waals surface area contributed by atoms with Crippen LogP contribution in [0.15, 0.2) is 0 Å². The van der Waals surface area contributed by atoms with Gasteiger partial charge in [0.15, 0.2) is 4.87 Å².